The fraction of sp³-hybridized carbons (Fsp3) is 0.615. The molecule has 0 aliphatic rings. The summed E-state index contributed by atoms with van der Waals surface area (Å²) in [5.74, 6) is 0. The second kappa shape index (κ2) is 4.58. The molecule has 0 aliphatic heterocycles. The van der Waals surface area contributed by atoms with Crippen LogP contribution in [0.1, 0.15) is 52.0 Å². The van der Waals surface area contributed by atoms with E-state index in [1.165, 1.54) is 41.6 Å². The van der Waals surface area contributed by atoms with Gasteiger partial charge in [-0.1, -0.05) is 33.6 Å². The number of aromatic amines is 1. The van der Waals surface area contributed by atoms with Crippen LogP contribution in [-0.4, -0.2) is 9.97 Å². The predicted molar refractivity (Wildman–Crippen MR) is 71.1 cm³/mol. The molecule has 2 nitrogen and oxygen atoms in total. The summed E-state index contributed by atoms with van der Waals surface area (Å²) in [6, 6.07) is 0. The lowest BCUT2D eigenvalue weighted by molar-refractivity contribution is 0.394. The number of H-pyrrole nitrogens is 1. The van der Waals surface area contributed by atoms with Crippen molar-refractivity contribution in [3.8, 4) is 0 Å². The quantitative estimate of drug-likeness (QED) is 0.814. The molecule has 2 aromatic rings. The van der Waals surface area contributed by atoms with Gasteiger partial charge in [0.15, 0.2) is 0 Å². The van der Waals surface area contributed by atoms with Crippen molar-refractivity contribution in [1.29, 1.82) is 0 Å². The minimum absolute atomic E-state index is 0.288. The van der Waals surface area contributed by atoms with E-state index in [0.29, 0.717) is 0 Å². The number of thiazole rings is 1. The normalized spacial score (nSPS) is 12.4. The lowest BCUT2D eigenvalue weighted by Gasteiger charge is -2.28. The van der Waals surface area contributed by atoms with Crippen molar-refractivity contribution in [2.45, 2.75) is 51.9 Å². The molecule has 0 fully saturated rings. The molecule has 88 valence electrons. The van der Waals surface area contributed by atoms with Gasteiger partial charge in [0.25, 0.3) is 0 Å². The monoisotopic (exact) mass is 236 g/mol. The summed E-state index contributed by atoms with van der Waals surface area (Å²) in [6.07, 6.45) is 7.11. The first-order chi connectivity index (χ1) is 7.71. The van der Waals surface area contributed by atoms with Crippen LogP contribution in [0.4, 0.5) is 0 Å². The number of fused-ring (bicyclic) bond motifs is 1. The van der Waals surface area contributed by atoms with Crippen molar-refractivity contribution in [3.63, 3.8) is 0 Å². The Morgan fingerprint density at radius 3 is 2.62 bits per heavy atom. The summed E-state index contributed by atoms with van der Waals surface area (Å²) >= 11 is 1.69. The van der Waals surface area contributed by atoms with E-state index in [2.05, 4.69) is 36.9 Å². The van der Waals surface area contributed by atoms with Crippen molar-refractivity contribution in [2.24, 2.45) is 0 Å². The van der Waals surface area contributed by atoms with Crippen LogP contribution in [0.2, 0.25) is 0 Å². The molecule has 2 rings (SSSR count). The summed E-state index contributed by atoms with van der Waals surface area (Å²) in [6.45, 7) is 6.90. The molecule has 0 saturated carbocycles. The third-order valence-electron chi connectivity index (χ3n) is 3.42. The minimum Gasteiger partial charge on any atom is -0.351 e. The first-order valence-electron chi connectivity index (χ1n) is 6.12. The fourth-order valence-corrected chi connectivity index (χ4v) is 3.37. The maximum atomic E-state index is 4.50. The zero-order chi connectivity index (χ0) is 11.6. The molecule has 0 atom stereocenters. The highest BCUT2D eigenvalue weighted by Crippen LogP contribution is 2.38. The van der Waals surface area contributed by atoms with Gasteiger partial charge in [0.2, 0.25) is 0 Å². The second-order valence-electron chi connectivity index (χ2n) is 4.79. The lowest BCUT2D eigenvalue weighted by Crippen LogP contribution is -2.21. The maximum absolute atomic E-state index is 4.50. The van der Waals surface area contributed by atoms with Gasteiger partial charge in [0.1, 0.15) is 10.3 Å². The van der Waals surface area contributed by atoms with Crippen LogP contribution >= 0.6 is 11.3 Å². The van der Waals surface area contributed by atoms with Crippen LogP contribution in [0, 0.1) is 0 Å². The van der Waals surface area contributed by atoms with Gasteiger partial charge in [-0.3, -0.25) is 0 Å². The third kappa shape index (κ3) is 1.88. The van der Waals surface area contributed by atoms with Gasteiger partial charge in [-0.05, 0) is 18.3 Å². The third-order valence-corrected chi connectivity index (χ3v) is 4.18. The average Bonchev–Trinajstić information content (AvgIpc) is 2.78. The molecule has 0 aliphatic carbocycles. The zero-order valence-corrected chi connectivity index (χ0v) is 11.2. The van der Waals surface area contributed by atoms with Crippen LogP contribution in [0.15, 0.2) is 11.7 Å². The van der Waals surface area contributed by atoms with E-state index in [-0.39, 0.29) is 5.41 Å². The van der Waals surface area contributed by atoms with Crippen LogP contribution in [0.25, 0.3) is 10.3 Å². The molecule has 0 saturated heterocycles. The minimum atomic E-state index is 0.288. The maximum Gasteiger partial charge on any atom is 0.120 e. The summed E-state index contributed by atoms with van der Waals surface area (Å²) in [7, 11) is 0. The van der Waals surface area contributed by atoms with Gasteiger partial charge in [-0.25, -0.2) is 4.98 Å². The van der Waals surface area contributed by atoms with E-state index in [4.69, 9.17) is 0 Å². The lowest BCUT2D eigenvalue weighted by atomic mass is 9.76. The molecule has 0 spiro atoms. The Hall–Kier alpha value is -0.830. The Morgan fingerprint density at radius 2 is 2.00 bits per heavy atom. The van der Waals surface area contributed by atoms with Gasteiger partial charge < -0.3 is 4.98 Å². The summed E-state index contributed by atoms with van der Waals surface area (Å²) < 4.78 is 0. The molecule has 16 heavy (non-hydrogen) atoms. The van der Waals surface area contributed by atoms with E-state index in [1.54, 1.807) is 11.3 Å². The number of aromatic nitrogens is 2. The first-order valence-corrected chi connectivity index (χ1v) is 7.00. The van der Waals surface area contributed by atoms with Crippen molar-refractivity contribution in [3.05, 3.63) is 17.3 Å². The molecular formula is C13H20N2S. The van der Waals surface area contributed by atoms with Crippen LogP contribution < -0.4 is 0 Å². The highest BCUT2D eigenvalue weighted by atomic mass is 32.1. The summed E-state index contributed by atoms with van der Waals surface area (Å²) in [5, 5.41) is 0. The Balaban J connectivity index is 2.43. The summed E-state index contributed by atoms with van der Waals surface area (Å²) in [5.41, 5.74) is 4.82. The average molecular weight is 236 g/mol. The molecule has 0 unspecified atom stereocenters. The highest BCUT2D eigenvalue weighted by Gasteiger charge is 2.28. The van der Waals surface area contributed by atoms with Gasteiger partial charge in [0, 0.05) is 11.8 Å². The van der Waals surface area contributed by atoms with Gasteiger partial charge >= 0.3 is 0 Å². The number of hydrogen-bond donors (Lipinski definition) is 1. The molecule has 2 heterocycles. The molecule has 3 heteroatoms. The van der Waals surface area contributed by atoms with Crippen molar-refractivity contribution < 1.29 is 0 Å². The fourth-order valence-electron chi connectivity index (χ4n) is 2.70. The van der Waals surface area contributed by atoms with Crippen molar-refractivity contribution >= 4 is 21.7 Å². The standard InChI is InChI=1S/C13H20N2S/c1-4-6-13(3,7-5-2)10-8-14-12-11(10)15-9-16-12/h8-9,14H,4-7H2,1-3H3. The largest absolute Gasteiger partial charge is 0.351 e. The summed E-state index contributed by atoms with van der Waals surface area (Å²) in [4.78, 5) is 9.06. The van der Waals surface area contributed by atoms with Crippen LogP contribution in [0.5, 0.6) is 0 Å². The van der Waals surface area contributed by atoms with Crippen LogP contribution in [0.3, 0.4) is 0 Å². The van der Waals surface area contributed by atoms with Crippen LogP contribution in [-0.2, 0) is 5.41 Å². The van der Waals surface area contributed by atoms with Crippen molar-refractivity contribution in [2.75, 3.05) is 0 Å². The molecule has 1 N–H and O–H groups in total. The van der Waals surface area contributed by atoms with E-state index in [9.17, 15) is 0 Å². The second-order valence-corrected chi connectivity index (χ2v) is 5.65. The Kier molecular flexibility index (Phi) is 3.33. The smallest absolute Gasteiger partial charge is 0.120 e. The van der Waals surface area contributed by atoms with Crippen molar-refractivity contribution in [1.82, 2.24) is 9.97 Å². The van der Waals surface area contributed by atoms with Gasteiger partial charge in [-0.2, -0.15) is 0 Å². The van der Waals surface area contributed by atoms with E-state index in [1.807, 2.05) is 5.51 Å². The molecule has 2 aromatic heterocycles. The Morgan fingerprint density at radius 1 is 1.31 bits per heavy atom. The Labute approximate surface area is 101 Å². The molecule has 0 aromatic carbocycles. The molecule has 0 amide bonds. The first kappa shape index (κ1) is 11.6. The predicted octanol–water partition coefficient (Wildman–Crippen LogP) is 4.48. The molecule has 0 bridgehead atoms. The molecule has 0 radical (unpaired) electrons. The molecular weight excluding hydrogens is 216 g/mol. The van der Waals surface area contributed by atoms with E-state index >= 15 is 0 Å². The Bertz CT molecular complexity index is 449. The number of rotatable bonds is 5. The topological polar surface area (TPSA) is 28.7 Å². The number of hydrogen-bond acceptors (Lipinski definition) is 2. The SMILES string of the molecule is CCCC(C)(CCC)c1c[nH]c2scnc12. The highest BCUT2D eigenvalue weighted by molar-refractivity contribution is 7.16. The number of nitrogens with zero attached hydrogens (tertiary/aromatic N) is 1. The van der Waals surface area contributed by atoms with E-state index < -0.39 is 0 Å². The van der Waals surface area contributed by atoms with Gasteiger partial charge in [0.05, 0.1) is 5.51 Å². The van der Waals surface area contributed by atoms with E-state index in [0.717, 1.165) is 0 Å². The number of nitrogens with one attached hydrogen (secondary N) is 1. The zero-order valence-electron chi connectivity index (χ0n) is 10.3. The van der Waals surface area contributed by atoms with Gasteiger partial charge in [-0.15, -0.1) is 11.3 Å².